The zero-order chi connectivity index (χ0) is 15.8. The lowest BCUT2D eigenvalue weighted by Gasteiger charge is -2.21. The Morgan fingerprint density at radius 1 is 1.26 bits per heavy atom. The maximum absolute atomic E-state index is 4.85. The molecule has 124 valence electrons. The Bertz CT molecular complexity index is 684. The molecule has 3 heterocycles. The third kappa shape index (κ3) is 2.71. The maximum atomic E-state index is 4.85. The van der Waals surface area contributed by atoms with E-state index in [9.17, 15) is 0 Å². The first kappa shape index (κ1) is 14.9. The van der Waals surface area contributed by atoms with E-state index in [2.05, 4.69) is 39.2 Å². The summed E-state index contributed by atoms with van der Waals surface area (Å²) in [5.41, 5.74) is 4.23. The van der Waals surface area contributed by atoms with Gasteiger partial charge in [0.1, 0.15) is 5.82 Å². The van der Waals surface area contributed by atoms with Crippen molar-refractivity contribution in [1.29, 1.82) is 0 Å². The van der Waals surface area contributed by atoms with Crippen LogP contribution in [0.25, 0.3) is 0 Å². The molecule has 0 aromatic carbocycles. The van der Waals surface area contributed by atoms with Gasteiger partial charge in [-0.05, 0) is 52.0 Å². The number of imidazole rings is 1. The molecule has 0 radical (unpaired) electrons. The molecule has 0 bridgehead atoms. The summed E-state index contributed by atoms with van der Waals surface area (Å²) in [5.74, 6) is 1.22. The van der Waals surface area contributed by atoms with Gasteiger partial charge < -0.3 is 4.57 Å². The highest BCUT2D eigenvalue weighted by molar-refractivity contribution is 5.21. The molecule has 0 unspecified atom stereocenters. The van der Waals surface area contributed by atoms with Gasteiger partial charge in [0.25, 0.3) is 0 Å². The summed E-state index contributed by atoms with van der Waals surface area (Å²) in [5, 5.41) is 4.39. The zero-order valence-corrected chi connectivity index (χ0v) is 14.3. The van der Waals surface area contributed by atoms with E-state index in [1.54, 1.807) is 0 Å². The molecule has 1 fully saturated rings. The van der Waals surface area contributed by atoms with Gasteiger partial charge in [-0.2, -0.15) is 5.10 Å². The van der Waals surface area contributed by atoms with Crippen molar-refractivity contribution < 1.29 is 0 Å². The maximum Gasteiger partial charge on any atom is 0.106 e. The van der Waals surface area contributed by atoms with E-state index >= 15 is 0 Å². The summed E-state index contributed by atoms with van der Waals surface area (Å²) >= 11 is 0. The van der Waals surface area contributed by atoms with Gasteiger partial charge in [-0.25, -0.2) is 4.98 Å². The highest BCUT2D eigenvalue weighted by Crippen LogP contribution is 2.30. The second-order valence-corrected chi connectivity index (χ2v) is 6.95. The van der Waals surface area contributed by atoms with Gasteiger partial charge in [0, 0.05) is 44.1 Å². The summed E-state index contributed by atoms with van der Waals surface area (Å²) in [6, 6.07) is 2.75. The van der Waals surface area contributed by atoms with Crippen molar-refractivity contribution in [2.75, 3.05) is 13.1 Å². The number of hydrogen-bond donors (Lipinski definition) is 0. The Kier molecular flexibility index (Phi) is 3.97. The molecule has 2 aliphatic rings. The number of aryl methyl sites for hydroxylation is 3. The minimum Gasteiger partial charge on any atom is -0.328 e. The van der Waals surface area contributed by atoms with E-state index < -0.39 is 0 Å². The van der Waals surface area contributed by atoms with Crippen molar-refractivity contribution >= 4 is 0 Å². The van der Waals surface area contributed by atoms with E-state index in [0.717, 1.165) is 19.6 Å². The summed E-state index contributed by atoms with van der Waals surface area (Å²) in [6.07, 6.45) is 8.18. The number of nitrogens with zero attached hydrogens (tertiary/aromatic N) is 5. The number of hydrogen-bond acceptors (Lipinski definition) is 3. The lowest BCUT2D eigenvalue weighted by Crippen LogP contribution is -2.24. The van der Waals surface area contributed by atoms with Crippen LogP contribution in [0, 0.1) is 6.92 Å². The molecule has 5 nitrogen and oxygen atoms in total. The van der Waals surface area contributed by atoms with Crippen LogP contribution in [0.5, 0.6) is 0 Å². The summed E-state index contributed by atoms with van der Waals surface area (Å²) in [4.78, 5) is 7.43. The molecular weight excluding hydrogens is 286 g/mol. The average molecular weight is 313 g/mol. The molecular formula is C18H27N5. The van der Waals surface area contributed by atoms with E-state index in [1.807, 2.05) is 6.20 Å². The summed E-state index contributed by atoms with van der Waals surface area (Å²) < 4.78 is 4.67. The molecule has 0 spiro atoms. The molecule has 5 heteroatoms. The van der Waals surface area contributed by atoms with Crippen LogP contribution >= 0.6 is 0 Å². The van der Waals surface area contributed by atoms with Crippen molar-refractivity contribution in [2.45, 2.75) is 65.1 Å². The zero-order valence-electron chi connectivity index (χ0n) is 14.3. The van der Waals surface area contributed by atoms with E-state index in [1.165, 1.54) is 61.6 Å². The second kappa shape index (κ2) is 6.11. The van der Waals surface area contributed by atoms with Gasteiger partial charge in [0.2, 0.25) is 0 Å². The van der Waals surface area contributed by atoms with Crippen molar-refractivity contribution in [3.05, 3.63) is 35.2 Å². The molecule has 1 saturated heterocycles. The Balaban J connectivity index is 1.49. The molecule has 0 amide bonds. The van der Waals surface area contributed by atoms with Gasteiger partial charge in [-0.1, -0.05) is 0 Å². The third-order valence-electron chi connectivity index (χ3n) is 5.45. The number of aromatic nitrogens is 4. The average Bonchev–Trinajstić information content (AvgIpc) is 3.25. The normalized spacial score (nSPS) is 21.7. The molecule has 0 saturated carbocycles. The molecule has 23 heavy (non-hydrogen) atoms. The van der Waals surface area contributed by atoms with Gasteiger partial charge in [-0.15, -0.1) is 0 Å². The highest BCUT2D eigenvalue weighted by Gasteiger charge is 2.29. The monoisotopic (exact) mass is 313 g/mol. The quantitative estimate of drug-likeness (QED) is 0.871. The molecule has 1 aliphatic carbocycles. The fourth-order valence-electron chi connectivity index (χ4n) is 4.36. The minimum absolute atomic E-state index is 0.599. The fourth-order valence-corrected chi connectivity index (χ4v) is 4.36. The largest absolute Gasteiger partial charge is 0.328 e. The predicted octanol–water partition coefficient (Wildman–Crippen LogP) is 2.73. The molecule has 0 N–H and O–H groups in total. The van der Waals surface area contributed by atoms with Crippen LogP contribution in [0.2, 0.25) is 0 Å². The lowest BCUT2D eigenvalue weighted by molar-refractivity contribution is 0.303. The predicted molar refractivity (Wildman–Crippen MR) is 90.4 cm³/mol. The van der Waals surface area contributed by atoms with Crippen LogP contribution in [0.15, 0.2) is 12.3 Å². The Morgan fingerprint density at radius 2 is 2.13 bits per heavy atom. The van der Waals surface area contributed by atoms with Crippen LogP contribution < -0.4 is 0 Å². The molecule has 4 rings (SSSR count). The summed E-state index contributed by atoms with van der Waals surface area (Å²) in [7, 11) is 0. The fraction of sp³-hybridized carbons (Fsp3) is 0.667. The first-order valence-electron chi connectivity index (χ1n) is 9.06. The van der Waals surface area contributed by atoms with Crippen molar-refractivity contribution in [2.24, 2.45) is 0 Å². The Labute approximate surface area is 138 Å². The van der Waals surface area contributed by atoms with Crippen LogP contribution in [-0.4, -0.2) is 37.3 Å². The van der Waals surface area contributed by atoms with E-state index in [-0.39, 0.29) is 0 Å². The van der Waals surface area contributed by atoms with Gasteiger partial charge in [-0.3, -0.25) is 9.58 Å². The molecule has 2 aromatic rings. The SMILES string of the molecule is CCn1nccc1CN1CC[C@@H](n2c(C)nc3c2CCCC3)C1. The van der Waals surface area contributed by atoms with Crippen molar-refractivity contribution in [3.8, 4) is 0 Å². The van der Waals surface area contributed by atoms with Gasteiger partial charge in [0.05, 0.1) is 11.4 Å². The van der Waals surface area contributed by atoms with Gasteiger partial charge in [0.15, 0.2) is 0 Å². The second-order valence-electron chi connectivity index (χ2n) is 6.95. The third-order valence-corrected chi connectivity index (χ3v) is 5.45. The molecule has 1 atom stereocenters. The van der Waals surface area contributed by atoms with Crippen LogP contribution in [-0.2, 0) is 25.9 Å². The number of rotatable bonds is 4. The van der Waals surface area contributed by atoms with Crippen LogP contribution in [0.1, 0.15) is 55.1 Å². The van der Waals surface area contributed by atoms with Crippen molar-refractivity contribution in [3.63, 3.8) is 0 Å². The van der Waals surface area contributed by atoms with Crippen LogP contribution in [0.4, 0.5) is 0 Å². The van der Waals surface area contributed by atoms with E-state index in [4.69, 9.17) is 4.98 Å². The Morgan fingerprint density at radius 3 is 3.00 bits per heavy atom. The number of fused-ring (bicyclic) bond motifs is 1. The highest BCUT2D eigenvalue weighted by atomic mass is 15.3. The Hall–Kier alpha value is -1.62. The first-order valence-corrected chi connectivity index (χ1v) is 9.06. The van der Waals surface area contributed by atoms with E-state index in [0.29, 0.717) is 6.04 Å². The number of likely N-dealkylation sites (tertiary alicyclic amines) is 1. The topological polar surface area (TPSA) is 38.9 Å². The van der Waals surface area contributed by atoms with Crippen LogP contribution in [0.3, 0.4) is 0 Å². The van der Waals surface area contributed by atoms with Gasteiger partial charge >= 0.3 is 0 Å². The van der Waals surface area contributed by atoms with Crippen molar-refractivity contribution in [1.82, 2.24) is 24.2 Å². The first-order chi connectivity index (χ1) is 11.3. The standard InChI is InChI=1S/C18H27N5/c1-3-22-15(8-10-19-22)12-21-11-9-16(13-21)23-14(2)20-17-6-4-5-7-18(17)23/h8,10,16H,3-7,9,11-13H2,1-2H3/t16-/m1/s1. The summed E-state index contributed by atoms with van der Waals surface area (Å²) in [6.45, 7) is 8.62. The molecule has 1 aliphatic heterocycles. The molecule has 2 aromatic heterocycles. The smallest absolute Gasteiger partial charge is 0.106 e. The minimum atomic E-state index is 0.599. The lowest BCUT2D eigenvalue weighted by atomic mass is 10.0.